The molecular weight excluding hydrogens is 372 g/mol. The third-order valence-electron chi connectivity index (χ3n) is 3.85. The maximum atomic E-state index is 12.0. The highest BCUT2D eigenvalue weighted by Crippen LogP contribution is 2.27. The predicted octanol–water partition coefficient (Wildman–Crippen LogP) is 4.29. The maximum Gasteiger partial charge on any atom is 0.331 e. The van der Waals surface area contributed by atoms with Crippen LogP contribution in [0.25, 0.3) is 17.5 Å². The summed E-state index contributed by atoms with van der Waals surface area (Å²) in [6.07, 6.45) is 2.98. The third kappa shape index (κ3) is 5.44. The number of benzene rings is 2. The van der Waals surface area contributed by atoms with Gasteiger partial charge in [-0.25, -0.2) is 4.79 Å². The number of carbonyl (C=O) groups is 1. The monoisotopic (exact) mass is 394 g/mol. The topological polar surface area (TPSA) is 83.7 Å². The lowest BCUT2D eigenvalue weighted by Crippen LogP contribution is -2.01. The van der Waals surface area contributed by atoms with E-state index < -0.39 is 5.97 Å². The first-order valence-corrected chi connectivity index (χ1v) is 9.32. The fraction of sp³-hybridized carbons (Fsp3) is 0.227. The highest BCUT2D eigenvalue weighted by molar-refractivity contribution is 5.87. The standard InChI is InChI=1S/C22H22N2O5/c1-3-26-18-11-7-5-9-16(18)13-14-21(25)28-15-20-23-22(24-29-20)17-10-6-8-12-19(17)27-4-2/h5-14H,3-4,15H2,1-2H3/b14-13+. The quantitative estimate of drug-likeness (QED) is 0.395. The van der Waals surface area contributed by atoms with E-state index in [4.69, 9.17) is 18.7 Å². The van der Waals surface area contributed by atoms with Gasteiger partial charge in [-0.3, -0.25) is 0 Å². The molecule has 7 heteroatoms. The zero-order chi connectivity index (χ0) is 20.5. The number of ether oxygens (including phenoxy) is 3. The molecule has 0 radical (unpaired) electrons. The summed E-state index contributed by atoms with van der Waals surface area (Å²) in [6.45, 7) is 4.75. The largest absolute Gasteiger partial charge is 0.493 e. The highest BCUT2D eigenvalue weighted by atomic mass is 16.6. The van der Waals surface area contributed by atoms with E-state index in [-0.39, 0.29) is 12.5 Å². The lowest BCUT2D eigenvalue weighted by atomic mass is 10.2. The van der Waals surface area contributed by atoms with E-state index in [0.717, 1.165) is 5.56 Å². The molecule has 0 spiro atoms. The van der Waals surface area contributed by atoms with Gasteiger partial charge in [0, 0.05) is 11.6 Å². The van der Waals surface area contributed by atoms with Crippen LogP contribution in [0.3, 0.4) is 0 Å². The van der Waals surface area contributed by atoms with Gasteiger partial charge < -0.3 is 18.7 Å². The van der Waals surface area contributed by atoms with Gasteiger partial charge in [0.15, 0.2) is 6.61 Å². The molecule has 0 saturated heterocycles. The molecule has 7 nitrogen and oxygen atoms in total. The Bertz CT molecular complexity index is 981. The second-order valence-corrected chi connectivity index (χ2v) is 5.85. The number of carbonyl (C=O) groups excluding carboxylic acids is 1. The van der Waals surface area contributed by atoms with Crippen LogP contribution in [0.15, 0.2) is 59.1 Å². The van der Waals surface area contributed by atoms with Crippen molar-refractivity contribution in [2.75, 3.05) is 13.2 Å². The Morgan fingerprint density at radius 1 is 1.00 bits per heavy atom. The van der Waals surface area contributed by atoms with Crippen molar-refractivity contribution in [3.63, 3.8) is 0 Å². The van der Waals surface area contributed by atoms with Crippen LogP contribution in [0.1, 0.15) is 25.3 Å². The smallest absolute Gasteiger partial charge is 0.331 e. The summed E-state index contributed by atoms with van der Waals surface area (Å²) < 4.78 is 21.5. The number of hydrogen-bond donors (Lipinski definition) is 0. The van der Waals surface area contributed by atoms with Gasteiger partial charge in [0.1, 0.15) is 11.5 Å². The van der Waals surface area contributed by atoms with Gasteiger partial charge in [0.2, 0.25) is 5.82 Å². The SMILES string of the molecule is CCOc1ccccc1/C=C/C(=O)OCc1nc(-c2ccccc2OCC)no1. The molecule has 0 atom stereocenters. The second-order valence-electron chi connectivity index (χ2n) is 5.85. The van der Waals surface area contributed by atoms with Gasteiger partial charge in [-0.1, -0.05) is 35.5 Å². The fourth-order valence-electron chi connectivity index (χ4n) is 2.60. The number of hydrogen-bond acceptors (Lipinski definition) is 7. The van der Waals surface area contributed by atoms with Crippen LogP contribution in [-0.2, 0) is 16.1 Å². The van der Waals surface area contributed by atoms with Crippen molar-refractivity contribution in [3.8, 4) is 22.9 Å². The molecule has 3 aromatic rings. The maximum absolute atomic E-state index is 12.0. The van der Waals surface area contributed by atoms with Crippen LogP contribution in [0.4, 0.5) is 0 Å². The van der Waals surface area contributed by atoms with Crippen molar-refractivity contribution in [2.45, 2.75) is 20.5 Å². The van der Waals surface area contributed by atoms with Gasteiger partial charge in [0.25, 0.3) is 5.89 Å². The van der Waals surface area contributed by atoms with E-state index in [2.05, 4.69) is 10.1 Å². The van der Waals surface area contributed by atoms with Crippen molar-refractivity contribution in [1.82, 2.24) is 10.1 Å². The van der Waals surface area contributed by atoms with Crippen LogP contribution < -0.4 is 9.47 Å². The Kier molecular flexibility index (Phi) is 7.00. The van der Waals surface area contributed by atoms with Crippen molar-refractivity contribution >= 4 is 12.0 Å². The van der Waals surface area contributed by atoms with Crippen LogP contribution >= 0.6 is 0 Å². The van der Waals surface area contributed by atoms with Gasteiger partial charge in [-0.15, -0.1) is 0 Å². The summed E-state index contributed by atoms with van der Waals surface area (Å²) in [5, 5.41) is 3.94. The van der Waals surface area contributed by atoms with Crippen LogP contribution in [-0.4, -0.2) is 29.3 Å². The Labute approximate surface area is 168 Å². The molecule has 2 aromatic carbocycles. The molecule has 0 saturated carbocycles. The summed E-state index contributed by atoms with van der Waals surface area (Å²) in [4.78, 5) is 16.3. The lowest BCUT2D eigenvalue weighted by Gasteiger charge is -2.06. The van der Waals surface area contributed by atoms with Crippen molar-refractivity contribution < 1.29 is 23.5 Å². The summed E-state index contributed by atoms with van der Waals surface area (Å²) in [7, 11) is 0. The first-order chi connectivity index (χ1) is 14.2. The normalized spacial score (nSPS) is 10.8. The molecule has 1 aromatic heterocycles. The van der Waals surface area contributed by atoms with Crippen LogP contribution in [0.5, 0.6) is 11.5 Å². The summed E-state index contributed by atoms with van der Waals surface area (Å²) >= 11 is 0. The molecule has 0 N–H and O–H groups in total. The molecule has 0 aliphatic heterocycles. The highest BCUT2D eigenvalue weighted by Gasteiger charge is 2.14. The summed E-state index contributed by atoms with van der Waals surface area (Å²) in [6, 6.07) is 14.8. The minimum Gasteiger partial charge on any atom is -0.493 e. The lowest BCUT2D eigenvalue weighted by molar-refractivity contribution is -0.139. The van der Waals surface area contributed by atoms with E-state index in [1.807, 2.05) is 62.4 Å². The van der Waals surface area contributed by atoms with Crippen LogP contribution in [0.2, 0.25) is 0 Å². The number of nitrogens with zero attached hydrogens (tertiary/aromatic N) is 2. The van der Waals surface area contributed by atoms with Crippen LogP contribution in [0, 0.1) is 0 Å². The molecule has 150 valence electrons. The second kappa shape index (κ2) is 10.1. The third-order valence-corrected chi connectivity index (χ3v) is 3.85. The van der Waals surface area contributed by atoms with Gasteiger partial charge >= 0.3 is 5.97 Å². The Balaban J connectivity index is 1.61. The minimum absolute atomic E-state index is 0.125. The van der Waals surface area contributed by atoms with Crippen molar-refractivity contribution in [3.05, 3.63) is 66.1 Å². The average Bonchev–Trinajstić information content (AvgIpc) is 3.21. The zero-order valence-corrected chi connectivity index (χ0v) is 16.3. The molecule has 0 bridgehead atoms. The molecule has 0 aliphatic carbocycles. The van der Waals surface area contributed by atoms with E-state index in [1.165, 1.54) is 6.08 Å². The predicted molar refractivity (Wildman–Crippen MR) is 107 cm³/mol. The first-order valence-electron chi connectivity index (χ1n) is 9.32. The average molecular weight is 394 g/mol. The Hall–Kier alpha value is -3.61. The van der Waals surface area contributed by atoms with Gasteiger partial charge in [-0.2, -0.15) is 4.98 Å². The summed E-state index contributed by atoms with van der Waals surface area (Å²) in [5.41, 5.74) is 1.50. The summed E-state index contributed by atoms with van der Waals surface area (Å²) in [5.74, 6) is 1.42. The molecule has 3 rings (SSSR count). The van der Waals surface area contributed by atoms with E-state index in [9.17, 15) is 4.79 Å². The van der Waals surface area contributed by atoms with Crippen molar-refractivity contribution in [1.29, 1.82) is 0 Å². The number of rotatable bonds is 9. The molecule has 0 aliphatic rings. The van der Waals surface area contributed by atoms with Gasteiger partial charge in [-0.05, 0) is 38.1 Å². The molecule has 0 fully saturated rings. The molecule has 0 amide bonds. The Morgan fingerprint density at radius 2 is 1.69 bits per heavy atom. The fourth-order valence-corrected chi connectivity index (χ4v) is 2.60. The number of esters is 1. The zero-order valence-electron chi connectivity index (χ0n) is 16.3. The van der Waals surface area contributed by atoms with E-state index in [0.29, 0.717) is 36.1 Å². The Morgan fingerprint density at radius 3 is 2.48 bits per heavy atom. The van der Waals surface area contributed by atoms with Gasteiger partial charge in [0.05, 0.1) is 18.8 Å². The number of para-hydroxylation sites is 2. The minimum atomic E-state index is -0.522. The molecule has 0 unspecified atom stereocenters. The van der Waals surface area contributed by atoms with E-state index >= 15 is 0 Å². The molecule has 1 heterocycles. The first kappa shape index (κ1) is 20.1. The molecular formula is C22H22N2O5. The van der Waals surface area contributed by atoms with Crippen molar-refractivity contribution in [2.24, 2.45) is 0 Å². The molecule has 29 heavy (non-hydrogen) atoms. The van der Waals surface area contributed by atoms with E-state index in [1.54, 1.807) is 6.08 Å². The number of aromatic nitrogens is 2.